The van der Waals surface area contributed by atoms with E-state index in [0.29, 0.717) is 29.8 Å². The second kappa shape index (κ2) is 4.68. The molecule has 0 bridgehead atoms. The summed E-state index contributed by atoms with van der Waals surface area (Å²) in [6, 6.07) is 0. The maximum atomic E-state index is 11.9. The van der Waals surface area contributed by atoms with E-state index in [1.807, 2.05) is 0 Å². The number of carbonyl (C=O) groups is 1. The Morgan fingerprint density at radius 1 is 1.61 bits per heavy atom. The van der Waals surface area contributed by atoms with E-state index in [4.69, 9.17) is 4.74 Å². The summed E-state index contributed by atoms with van der Waals surface area (Å²) in [5.74, 6) is -0.895. The molecule has 1 aliphatic heterocycles. The maximum absolute atomic E-state index is 11.9. The highest BCUT2D eigenvalue weighted by atomic mass is 16.5. The lowest BCUT2D eigenvalue weighted by molar-refractivity contribution is 0.0597. The number of nitrogens with zero attached hydrogens (tertiary/aromatic N) is 1. The van der Waals surface area contributed by atoms with Crippen LogP contribution in [0.3, 0.4) is 0 Å². The van der Waals surface area contributed by atoms with Crippen LogP contribution < -0.4 is 5.56 Å². The summed E-state index contributed by atoms with van der Waals surface area (Å²) in [7, 11) is 1.29. The highest BCUT2D eigenvalue weighted by Gasteiger charge is 2.27. The minimum Gasteiger partial charge on any atom is -0.503 e. The zero-order valence-electron chi connectivity index (χ0n) is 10.2. The third-order valence-electron chi connectivity index (χ3n) is 3.18. The van der Waals surface area contributed by atoms with E-state index in [0.717, 1.165) is 6.42 Å². The van der Waals surface area contributed by atoms with Crippen LogP contribution in [0, 0.1) is 0 Å². The molecule has 5 heteroatoms. The third-order valence-corrected chi connectivity index (χ3v) is 3.18. The van der Waals surface area contributed by atoms with Crippen LogP contribution in [-0.2, 0) is 24.1 Å². The van der Waals surface area contributed by atoms with Gasteiger partial charge in [0, 0.05) is 17.8 Å². The van der Waals surface area contributed by atoms with Crippen LogP contribution in [-0.4, -0.2) is 22.8 Å². The normalized spacial score (nSPS) is 13.2. The van der Waals surface area contributed by atoms with Crippen LogP contribution in [0.4, 0.5) is 0 Å². The molecule has 5 nitrogen and oxygen atoms in total. The molecule has 2 rings (SSSR count). The van der Waals surface area contributed by atoms with E-state index < -0.39 is 11.5 Å². The Morgan fingerprint density at radius 2 is 2.33 bits per heavy atom. The molecule has 18 heavy (non-hydrogen) atoms. The van der Waals surface area contributed by atoms with Crippen molar-refractivity contribution in [2.75, 3.05) is 7.11 Å². The first kappa shape index (κ1) is 12.4. The van der Waals surface area contributed by atoms with Crippen molar-refractivity contribution < 1.29 is 14.6 Å². The van der Waals surface area contributed by atoms with Gasteiger partial charge in [0.05, 0.1) is 12.7 Å². The first-order valence-electron chi connectivity index (χ1n) is 5.78. The van der Waals surface area contributed by atoms with Crippen LogP contribution in [0.15, 0.2) is 17.4 Å². The lowest BCUT2D eigenvalue weighted by Crippen LogP contribution is -2.24. The SMILES string of the molecule is C=CCc1c(C(=O)OC)c2n(c(=O)c1O)CCC2. The largest absolute Gasteiger partial charge is 0.503 e. The van der Waals surface area contributed by atoms with Crippen molar-refractivity contribution in [1.29, 1.82) is 0 Å². The van der Waals surface area contributed by atoms with Gasteiger partial charge in [-0.15, -0.1) is 6.58 Å². The summed E-state index contributed by atoms with van der Waals surface area (Å²) in [5.41, 5.74) is 0.843. The predicted octanol–water partition coefficient (Wildman–Crippen LogP) is 1.02. The van der Waals surface area contributed by atoms with Gasteiger partial charge in [0.2, 0.25) is 0 Å². The van der Waals surface area contributed by atoms with Crippen LogP contribution in [0.1, 0.15) is 28.0 Å². The van der Waals surface area contributed by atoms with Crippen molar-refractivity contribution in [1.82, 2.24) is 4.57 Å². The zero-order chi connectivity index (χ0) is 13.3. The molecular weight excluding hydrogens is 234 g/mol. The van der Waals surface area contributed by atoms with Gasteiger partial charge in [-0.3, -0.25) is 4.79 Å². The summed E-state index contributed by atoms with van der Waals surface area (Å²) >= 11 is 0. The predicted molar refractivity (Wildman–Crippen MR) is 65.9 cm³/mol. The molecule has 96 valence electrons. The highest BCUT2D eigenvalue weighted by Crippen LogP contribution is 2.27. The molecule has 0 radical (unpaired) electrons. The quantitative estimate of drug-likeness (QED) is 0.641. The molecule has 1 N–H and O–H groups in total. The molecule has 0 aliphatic carbocycles. The molecule has 1 aromatic heterocycles. The van der Waals surface area contributed by atoms with Crippen molar-refractivity contribution in [3.8, 4) is 5.75 Å². The van der Waals surface area contributed by atoms with Gasteiger partial charge in [-0.25, -0.2) is 4.79 Å². The monoisotopic (exact) mass is 249 g/mol. The molecule has 2 heterocycles. The Hall–Kier alpha value is -2.04. The number of esters is 1. The van der Waals surface area contributed by atoms with Crippen molar-refractivity contribution in [2.24, 2.45) is 0 Å². The number of aromatic hydroxyl groups is 1. The molecule has 0 aromatic carbocycles. The van der Waals surface area contributed by atoms with Gasteiger partial charge in [-0.2, -0.15) is 0 Å². The fraction of sp³-hybridized carbons (Fsp3) is 0.385. The summed E-state index contributed by atoms with van der Waals surface area (Å²) in [5, 5.41) is 9.93. The molecule has 0 spiro atoms. The summed E-state index contributed by atoms with van der Waals surface area (Å²) < 4.78 is 6.20. The molecule has 0 unspecified atom stereocenters. The number of rotatable bonds is 3. The third kappa shape index (κ3) is 1.72. The van der Waals surface area contributed by atoms with Crippen LogP contribution in [0.2, 0.25) is 0 Å². The Morgan fingerprint density at radius 3 is 2.94 bits per heavy atom. The molecule has 0 fully saturated rings. The second-order valence-electron chi connectivity index (χ2n) is 4.19. The van der Waals surface area contributed by atoms with Gasteiger partial charge in [-0.1, -0.05) is 6.08 Å². The van der Waals surface area contributed by atoms with E-state index in [-0.39, 0.29) is 12.2 Å². The minimum absolute atomic E-state index is 0.263. The van der Waals surface area contributed by atoms with Crippen molar-refractivity contribution in [3.63, 3.8) is 0 Å². The number of ether oxygens (including phenoxy) is 1. The van der Waals surface area contributed by atoms with Gasteiger partial charge < -0.3 is 14.4 Å². The lowest BCUT2D eigenvalue weighted by Gasteiger charge is -2.14. The first-order chi connectivity index (χ1) is 8.61. The van der Waals surface area contributed by atoms with E-state index in [9.17, 15) is 14.7 Å². The van der Waals surface area contributed by atoms with Gasteiger partial charge in [0.25, 0.3) is 5.56 Å². The fourth-order valence-electron chi connectivity index (χ4n) is 2.39. The molecular formula is C13H15NO4. The van der Waals surface area contributed by atoms with Gasteiger partial charge >= 0.3 is 5.97 Å². The average Bonchev–Trinajstić information content (AvgIpc) is 2.84. The van der Waals surface area contributed by atoms with Crippen molar-refractivity contribution in [3.05, 3.63) is 39.8 Å². The Bertz CT molecular complexity index is 571. The Kier molecular flexibility index (Phi) is 3.23. The molecule has 0 saturated heterocycles. The number of allylic oxidation sites excluding steroid dienone is 1. The minimum atomic E-state index is -0.521. The van der Waals surface area contributed by atoms with Gasteiger partial charge in [0.1, 0.15) is 0 Å². The Balaban J connectivity index is 2.79. The van der Waals surface area contributed by atoms with Crippen LogP contribution >= 0.6 is 0 Å². The number of fused-ring (bicyclic) bond motifs is 1. The van der Waals surface area contributed by atoms with Crippen molar-refractivity contribution in [2.45, 2.75) is 25.8 Å². The van der Waals surface area contributed by atoms with E-state index in [1.165, 1.54) is 11.7 Å². The average molecular weight is 249 g/mol. The lowest BCUT2D eigenvalue weighted by atomic mass is 10.0. The molecule has 1 aliphatic rings. The molecule has 0 atom stereocenters. The topological polar surface area (TPSA) is 68.5 Å². The second-order valence-corrected chi connectivity index (χ2v) is 4.19. The van der Waals surface area contributed by atoms with E-state index >= 15 is 0 Å². The number of carbonyl (C=O) groups excluding carboxylic acids is 1. The van der Waals surface area contributed by atoms with Crippen LogP contribution in [0.25, 0.3) is 0 Å². The summed E-state index contributed by atoms with van der Waals surface area (Å²) in [6.45, 7) is 4.10. The maximum Gasteiger partial charge on any atom is 0.340 e. The fourth-order valence-corrected chi connectivity index (χ4v) is 2.39. The number of hydrogen-bond donors (Lipinski definition) is 1. The first-order valence-corrected chi connectivity index (χ1v) is 5.78. The summed E-state index contributed by atoms with van der Waals surface area (Å²) in [4.78, 5) is 23.8. The Labute approximate surface area is 104 Å². The van der Waals surface area contributed by atoms with Crippen LogP contribution in [0.5, 0.6) is 5.75 Å². The smallest absolute Gasteiger partial charge is 0.340 e. The standard InChI is InChI=1S/C13H15NO4/c1-3-5-8-10(13(17)18-2)9-6-4-7-14(9)12(16)11(8)15/h3,15H,1,4-7H2,2H3. The molecule has 0 saturated carbocycles. The van der Waals surface area contributed by atoms with Gasteiger partial charge in [0.15, 0.2) is 5.75 Å². The van der Waals surface area contributed by atoms with E-state index in [2.05, 4.69) is 6.58 Å². The number of hydrogen-bond acceptors (Lipinski definition) is 4. The number of methoxy groups -OCH3 is 1. The van der Waals surface area contributed by atoms with Crippen molar-refractivity contribution >= 4 is 5.97 Å². The zero-order valence-corrected chi connectivity index (χ0v) is 10.2. The van der Waals surface area contributed by atoms with Gasteiger partial charge in [-0.05, 0) is 19.3 Å². The molecule has 1 aromatic rings. The highest BCUT2D eigenvalue weighted by molar-refractivity contribution is 5.93. The number of aromatic nitrogens is 1. The van der Waals surface area contributed by atoms with E-state index in [1.54, 1.807) is 6.08 Å². The summed E-state index contributed by atoms with van der Waals surface area (Å²) in [6.07, 6.45) is 3.24. The number of pyridine rings is 1. The molecule has 0 amide bonds.